The Morgan fingerprint density at radius 2 is 1.71 bits per heavy atom. The quantitative estimate of drug-likeness (QED) is 0.242. The predicted octanol–water partition coefficient (Wildman–Crippen LogP) is 6.26. The number of carbonyl (C=O) groups is 2. The van der Waals surface area contributed by atoms with E-state index < -0.39 is 35.0 Å². The third-order valence-corrected chi connectivity index (χ3v) is 7.98. The van der Waals surface area contributed by atoms with Gasteiger partial charge in [-0.3, -0.25) is 14.5 Å². The summed E-state index contributed by atoms with van der Waals surface area (Å²) in [5.41, 5.74) is -0.920. The molecule has 4 atom stereocenters. The maximum absolute atomic E-state index is 14.2. The summed E-state index contributed by atoms with van der Waals surface area (Å²) in [6, 6.07) is 15.6. The monoisotopic (exact) mass is 615 g/mol. The van der Waals surface area contributed by atoms with Gasteiger partial charge in [-0.25, -0.2) is 0 Å². The fourth-order valence-electron chi connectivity index (χ4n) is 5.94. The molecule has 0 radical (unpaired) electrons. The van der Waals surface area contributed by atoms with Crippen LogP contribution in [0.15, 0.2) is 48.5 Å². The molecule has 3 rings (SSSR count). The molecule has 0 saturated carbocycles. The first-order valence-electron chi connectivity index (χ1n) is 14.4. The second-order valence-corrected chi connectivity index (χ2v) is 14.1. The Kier molecular flexibility index (Phi) is 11.1. The smallest absolute Gasteiger partial charge is 0.324 e. The minimum atomic E-state index is -1.26. The van der Waals surface area contributed by atoms with E-state index in [4.69, 9.17) is 33.0 Å². The first kappa shape index (κ1) is 33.9. The van der Waals surface area contributed by atoms with E-state index in [1.807, 2.05) is 29.2 Å². The van der Waals surface area contributed by atoms with E-state index in [1.54, 1.807) is 45.0 Å². The summed E-state index contributed by atoms with van der Waals surface area (Å²) in [7, 11) is 0. The zero-order valence-electron chi connectivity index (χ0n) is 25.4. The van der Waals surface area contributed by atoms with Crippen LogP contribution in [0.1, 0.15) is 77.8 Å². The van der Waals surface area contributed by atoms with Crippen LogP contribution in [0, 0.1) is 16.7 Å². The number of nitriles is 1. The highest BCUT2D eigenvalue weighted by Gasteiger charge is 2.64. The lowest BCUT2D eigenvalue weighted by Gasteiger charge is -2.39. The fraction of sp³-hybridized carbons (Fsp3) is 0.545. The highest BCUT2D eigenvalue weighted by molar-refractivity contribution is 6.30. The lowest BCUT2D eigenvalue weighted by atomic mass is 9.63. The summed E-state index contributed by atoms with van der Waals surface area (Å²) >= 11 is 12.8. The average molecular weight is 617 g/mol. The van der Waals surface area contributed by atoms with Gasteiger partial charge >= 0.3 is 5.97 Å². The molecule has 1 heterocycles. The number of aliphatic hydroxyl groups excluding tert-OH is 1. The van der Waals surface area contributed by atoms with Gasteiger partial charge in [0.05, 0.1) is 12.6 Å². The van der Waals surface area contributed by atoms with Crippen LogP contribution < -0.4 is 5.32 Å². The molecule has 0 aliphatic carbocycles. The molecule has 2 aromatic rings. The number of nitrogens with one attached hydrogen (secondary N) is 1. The van der Waals surface area contributed by atoms with Crippen LogP contribution >= 0.6 is 23.2 Å². The minimum absolute atomic E-state index is 0.0451. The fourth-order valence-corrected chi connectivity index (χ4v) is 6.27. The summed E-state index contributed by atoms with van der Waals surface area (Å²) < 4.78 is 6.00. The van der Waals surface area contributed by atoms with E-state index in [-0.39, 0.29) is 24.5 Å². The maximum atomic E-state index is 14.2. The number of hydrogen-bond donors (Lipinski definition) is 2. The summed E-state index contributed by atoms with van der Waals surface area (Å²) in [4.78, 5) is 29.5. The van der Waals surface area contributed by atoms with Crippen molar-refractivity contribution in [3.05, 3.63) is 69.7 Å². The Balaban J connectivity index is 2.32. The maximum Gasteiger partial charge on any atom is 0.324 e. The van der Waals surface area contributed by atoms with E-state index in [0.717, 1.165) is 0 Å². The lowest BCUT2D eigenvalue weighted by molar-refractivity contribution is -0.161. The van der Waals surface area contributed by atoms with Gasteiger partial charge in [0.2, 0.25) is 5.91 Å². The van der Waals surface area contributed by atoms with E-state index >= 15 is 0 Å². The van der Waals surface area contributed by atoms with Crippen LogP contribution in [0.25, 0.3) is 0 Å². The van der Waals surface area contributed by atoms with Gasteiger partial charge in [0.25, 0.3) is 0 Å². The summed E-state index contributed by atoms with van der Waals surface area (Å²) in [5, 5.41) is 24.3. The van der Waals surface area contributed by atoms with E-state index in [9.17, 15) is 14.9 Å². The van der Waals surface area contributed by atoms with Gasteiger partial charge < -0.3 is 15.2 Å². The van der Waals surface area contributed by atoms with Crippen LogP contribution in [-0.4, -0.2) is 59.3 Å². The highest BCUT2D eigenvalue weighted by atomic mass is 35.5. The number of benzene rings is 2. The minimum Gasteiger partial charge on any atom is -0.459 e. The first-order chi connectivity index (χ1) is 19.6. The predicted molar refractivity (Wildman–Crippen MR) is 166 cm³/mol. The van der Waals surface area contributed by atoms with Crippen LogP contribution in [0.3, 0.4) is 0 Å². The highest BCUT2D eigenvalue weighted by Crippen LogP contribution is 2.55. The molecule has 2 N–H and O–H groups in total. The number of likely N-dealkylation sites (tertiary alicyclic amines) is 1. The van der Waals surface area contributed by atoms with Crippen molar-refractivity contribution in [3.8, 4) is 6.07 Å². The van der Waals surface area contributed by atoms with E-state index in [0.29, 0.717) is 47.0 Å². The van der Waals surface area contributed by atoms with Gasteiger partial charge in [0.15, 0.2) is 0 Å². The average Bonchev–Trinajstić information content (AvgIpc) is 3.14. The van der Waals surface area contributed by atoms with Crippen molar-refractivity contribution in [1.82, 2.24) is 10.2 Å². The molecular weight excluding hydrogens is 573 g/mol. The molecule has 1 aliphatic rings. The zero-order valence-corrected chi connectivity index (χ0v) is 26.9. The third-order valence-electron chi connectivity index (χ3n) is 7.49. The van der Waals surface area contributed by atoms with Crippen LogP contribution in [0.2, 0.25) is 10.0 Å². The number of aliphatic hydroxyl groups is 1. The number of nitrogens with zero attached hydrogens (tertiary/aromatic N) is 2. The van der Waals surface area contributed by atoms with Gasteiger partial charge in [-0.1, -0.05) is 68.2 Å². The summed E-state index contributed by atoms with van der Waals surface area (Å²) in [6.45, 7) is 12.0. The van der Waals surface area contributed by atoms with E-state index in [1.165, 1.54) is 0 Å². The van der Waals surface area contributed by atoms with Crippen molar-refractivity contribution in [1.29, 1.82) is 5.26 Å². The van der Waals surface area contributed by atoms with Crippen molar-refractivity contribution in [2.24, 2.45) is 5.41 Å². The van der Waals surface area contributed by atoms with Crippen molar-refractivity contribution in [3.63, 3.8) is 0 Å². The Morgan fingerprint density at radius 1 is 1.05 bits per heavy atom. The zero-order chi connectivity index (χ0) is 31.3. The van der Waals surface area contributed by atoms with Gasteiger partial charge in [0, 0.05) is 35.2 Å². The Morgan fingerprint density at radius 3 is 2.26 bits per heavy atom. The van der Waals surface area contributed by atoms with Crippen LogP contribution in [-0.2, 0) is 19.7 Å². The number of halogens is 2. The van der Waals surface area contributed by atoms with Crippen molar-refractivity contribution >= 4 is 35.1 Å². The lowest BCUT2D eigenvalue weighted by Crippen LogP contribution is -2.51. The molecule has 7 nitrogen and oxygen atoms in total. The topological polar surface area (TPSA) is 103 Å². The Labute approximate surface area is 260 Å². The molecule has 0 aromatic heterocycles. The summed E-state index contributed by atoms with van der Waals surface area (Å²) in [6.07, 6.45) is 1.71. The van der Waals surface area contributed by atoms with Gasteiger partial charge in [-0.2, -0.15) is 5.26 Å². The molecule has 1 saturated heterocycles. The molecule has 1 amide bonds. The van der Waals surface area contributed by atoms with Gasteiger partial charge in [-0.15, -0.1) is 0 Å². The molecule has 1 aliphatic heterocycles. The number of carbonyl (C=O) groups excluding carboxylic acids is 2. The number of hydrogen-bond acceptors (Lipinski definition) is 6. The largest absolute Gasteiger partial charge is 0.459 e. The van der Waals surface area contributed by atoms with Crippen LogP contribution in [0.4, 0.5) is 0 Å². The molecule has 9 heteroatoms. The van der Waals surface area contributed by atoms with Crippen molar-refractivity contribution in [2.75, 3.05) is 19.7 Å². The number of unbranched alkanes of at least 4 members (excludes halogenated alkanes) is 1. The molecule has 2 aromatic carbocycles. The molecular formula is C33H43Cl2N3O4. The number of ether oxygens (including phenoxy) is 1. The molecule has 0 spiro atoms. The van der Waals surface area contributed by atoms with Crippen LogP contribution in [0.5, 0.6) is 0 Å². The van der Waals surface area contributed by atoms with Gasteiger partial charge in [-0.05, 0) is 80.8 Å². The standard InChI is InChI=1S/C33H43Cl2N3O4/c1-31(2,3)19-26-33(21-36,23-12-14-24(34)15-13-23)28(22-10-9-11-25(35)18-22)29(30(41)42-32(4,5)6)38(26)20-27(40)37-16-7-8-17-39/h9-15,18,26,28-29,39H,7-8,16-17,19-20H2,1-6H3,(H,37,40)/t26-,28-,29?,33-/m0/s1. The number of amides is 1. The Hall–Kier alpha value is -2.63. The molecule has 228 valence electrons. The molecule has 1 unspecified atom stereocenters. The SMILES string of the molecule is CC(C)(C)C[C@@H]1N(CC(=O)NCCCCO)C(C(=O)OC(C)(C)C)[C@H](c2cccc(Cl)c2)[C@@]1(C#N)c1ccc(Cl)cc1. The van der Waals surface area contributed by atoms with E-state index in [2.05, 4.69) is 32.2 Å². The Bertz CT molecular complexity index is 1280. The number of esters is 1. The van der Waals surface area contributed by atoms with Crippen molar-refractivity contribution < 1.29 is 19.4 Å². The summed E-state index contributed by atoms with van der Waals surface area (Å²) in [5.74, 6) is -1.49. The van der Waals surface area contributed by atoms with Crippen molar-refractivity contribution in [2.45, 2.75) is 89.8 Å². The number of rotatable bonds is 10. The first-order valence-corrected chi connectivity index (χ1v) is 15.2. The molecule has 0 bridgehead atoms. The second kappa shape index (κ2) is 13.8. The normalized spacial score (nSPS) is 22.9. The van der Waals surface area contributed by atoms with Gasteiger partial charge in [0.1, 0.15) is 17.1 Å². The molecule has 1 fully saturated rings. The second-order valence-electron chi connectivity index (χ2n) is 13.2. The third kappa shape index (κ3) is 8.05. The molecule has 42 heavy (non-hydrogen) atoms.